The molecule has 0 saturated heterocycles. The third-order valence-corrected chi connectivity index (χ3v) is 4.98. The molecule has 0 fully saturated rings. The number of rotatable bonds is 1. The van der Waals surface area contributed by atoms with Crippen molar-refractivity contribution in [2.45, 2.75) is 4.90 Å². The van der Waals surface area contributed by atoms with E-state index in [1.165, 1.54) is 24.3 Å². The number of amides is 2. The summed E-state index contributed by atoms with van der Waals surface area (Å²) in [6.07, 6.45) is 0. The number of halogens is 1. The van der Waals surface area contributed by atoms with Gasteiger partial charge in [0.25, 0.3) is 10.0 Å². The van der Waals surface area contributed by atoms with E-state index in [4.69, 9.17) is 11.6 Å². The van der Waals surface area contributed by atoms with Crippen molar-refractivity contribution in [1.29, 1.82) is 0 Å². The minimum absolute atomic E-state index is 0.0412. The first-order chi connectivity index (χ1) is 9.51. The Bertz CT molecular complexity index is 805. The van der Waals surface area contributed by atoms with Crippen LogP contribution in [-0.4, -0.2) is 14.4 Å². The van der Waals surface area contributed by atoms with E-state index in [-0.39, 0.29) is 21.3 Å². The van der Waals surface area contributed by atoms with Gasteiger partial charge in [-0.1, -0.05) is 35.9 Å². The molecule has 3 rings (SSSR count). The number of hydrogen-bond donors (Lipinski definition) is 1. The topological polar surface area (TPSA) is 66.5 Å². The van der Waals surface area contributed by atoms with Crippen molar-refractivity contribution >= 4 is 39.0 Å². The molecule has 0 saturated carbocycles. The fourth-order valence-electron chi connectivity index (χ4n) is 2.02. The molecule has 102 valence electrons. The number of anilines is 2. The predicted molar refractivity (Wildman–Crippen MR) is 76.6 cm³/mol. The summed E-state index contributed by atoms with van der Waals surface area (Å²) in [5.41, 5.74) is 0.391. The van der Waals surface area contributed by atoms with Crippen LogP contribution in [0, 0.1) is 0 Å². The maximum Gasteiger partial charge on any atom is 0.340 e. The number of carbonyl (C=O) groups is 1. The minimum atomic E-state index is -3.97. The van der Waals surface area contributed by atoms with Crippen LogP contribution in [0.15, 0.2) is 53.4 Å². The molecule has 0 bridgehead atoms. The molecule has 2 aromatic rings. The lowest BCUT2D eigenvalue weighted by Crippen LogP contribution is -2.44. The van der Waals surface area contributed by atoms with Crippen LogP contribution in [0.4, 0.5) is 16.2 Å². The normalized spacial score (nSPS) is 16.4. The number of hydrogen-bond acceptors (Lipinski definition) is 3. The smallest absolute Gasteiger partial charge is 0.305 e. The Kier molecular flexibility index (Phi) is 2.92. The zero-order valence-electron chi connectivity index (χ0n) is 10.1. The van der Waals surface area contributed by atoms with Crippen molar-refractivity contribution < 1.29 is 13.2 Å². The molecular formula is C13H9ClN2O3S. The van der Waals surface area contributed by atoms with Crippen LogP contribution >= 0.6 is 11.6 Å². The number of sulfonamides is 1. The Morgan fingerprint density at radius 3 is 2.40 bits per heavy atom. The van der Waals surface area contributed by atoms with Crippen molar-refractivity contribution in [3.8, 4) is 0 Å². The van der Waals surface area contributed by atoms with E-state index in [0.717, 1.165) is 0 Å². The van der Waals surface area contributed by atoms with Crippen LogP contribution < -0.4 is 9.62 Å². The van der Waals surface area contributed by atoms with Gasteiger partial charge in [0.2, 0.25) is 0 Å². The van der Waals surface area contributed by atoms with Crippen LogP contribution in [0.2, 0.25) is 5.02 Å². The number of benzene rings is 2. The van der Waals surface area contributed by atoms with Gasteiger partial charge >= 0.3 is 6.03 Å². The van der Waals surface area contributed by atoms with Gasteiger partial charge in [-0.05, 0) is 24.3 Å². The highest BCUT2D eigenvalue weighted by molar-refractivity contribution is 7.94. The standard InChI is InChI=1S/C13H9ClN2O3S/c14-9-5-1-3-7-11(9)16-13(17)15-10-6-2-4-8-12(10)20(16,18)19/h1-8H,(H,15,17). The van der Waals surface area contributed by atoms with E-state index in [0.29, 0.717) is 4.31 Å². The monoisotopic (exact) mass is 308 g/mol. The van der Waals surface area contributed by atoms with Gasteiger partial charge < -0.3 is 5.32 Å². The number of nitrogens with zero attached hydrogens (tertiary/aromatic N) is 1. The minimum Gasteiger partial charge on any atom is -0.305 e. The van der Waals surface area contributed by atoms with E-state index in [9.17, 15) is 13.2 Å². The zero-order chi connectivity index (χ0) is 14.3. The number of nitrogens with one attached hydrogen (secondary N) is 1. The summed E-state index contributed by atoms with van der Waals surface area (Å²) in [5.74, 6) is 0. The molecule has 2 aromatic carbocycles. The quantitative estimate of drug-likeness (QED) is 0.880. The molecule has 2 amide bonds. The SMILES string of the molecule is O=C1Nc2ccccc2S(=O)(=O)N1c1ccccc1Cl. The molecule has 0 spiro atoms. The second-order valence-corrected chi connectivity index (χ2v) is 6.31. The van der Waals surface area contributed by atoms with Gasteiger partial charge in [0.15, 0.2) is 0 Å². The highest BCUT2D eigenvalue weighted by atomic mass is 35.5. The van der Waals surface area contributed by atoms with Crippen molar-refractivity contribution in [3.63, 3.8) is 0 Å². The Hall–Kier alpha value is -2.05. The maximum atomic E-state index is 12.6. The Morgan fingerprint density at radius 1 is 1.00 bits per heavy atom. The fraction of sp³-hybridized carbons (Fsp3) is 0. The van der Waals surface area contributed by atoms with E-state index in [1.807, 2.05) is 0 Å². The lowest BCUT2D eigenvalue weighted by molar-refractivity contribution is 0.259. The van der Waals surface area contributed by atoms with Gasteiger partial charge in [0.1, 0.15) is 4.90 Å². The summed E-state index contributed by atoms with van der Waals surface area (Å²) in [7, 11) is -3.97. The molecule has 0 aliphatic carbocycles. The molecule has 7 heteroatoms. The Balaban J connectivity index is 2.24. The fourth-order valence-corrected chi connectivity index (χ4v) is 3.82. The molecule has 0 unspecified atom stereocenters. The van der Waals surface area contributed by atoms with Crippen molar-refractivity contribution in [2.75, 3.05) is 9.62 Å². The first-order valence-corrected chi connectivity index (χ1v) is 7.53. The molecule has 1 aliphatic heterocycles. The summed E-state index contributed by atoms with van der Waals surface area (Å²) in [4.78, 5) is 12.1. The molecule has 0 atom stereocenters. The lowest BCUT2D eigenvalue weighted by atomic mass is 10.3. The molecule has 1 heterocycles. The third kappa shape index (κ3) is 1.85. The van der Waals surface area contributed by atoms with Crippen molar-refractivity contribution in [1.82, 2.24) is 0 Å². The Labute approximate surface area is 120 Å². The molecule has 1 N–H and O–H groups in total. The number of para-hydroxylation sites is 2. The van der Waals surface area contributed by atoms with Crippen LogP contribution in [0.3, 0.4) is 0 Å². The largest absolute Gasteiger partial charge is 0.340 e. The van der Waals surface area contributed by atoms with Crippen molar-refractivity contribution in [3.05, 3.63) is 53.6 Å². The van der Waals surface area contributed by atoms with E-state index in [2.05, 4.69) is 5.32 Å². The third-order valence-electron chi connectivity index (χ3n) is 2.90. The number of carbonyl (C=O) groups excluding carboxylic acids is 1. The summed E-state index contributed by atoms with van der Waals surface area (Å²) in [6.45, 7) is 0. The predicted octanol–water partition coefficient (Wildman–Crippen LogP) is 3.08. The Morgan fingerprint density at radius 2 is 1.65 bits per heavy atom. The van der Waals surface area contributed by atoms with E-state index >= 15 is 0 Å². The first kappa shape index (κ1) is 13.0. The van der Waals surface area contributed by atoms with Gasteiger partial charge in [-0.2, -0.15) is 4.31 Å². The molecule has 1 aliphatic rings. The van der Waals surface area contributed by atoms with E-state index < -0.39 is 16.1 Å². The molecule has 5 nitrogen and oxygen atoms in total. The molecule has 0 aromatic heterocycles. The maximum absolute atomic E-state index is 12.6. The average molecular weight is 309 g/mol. The summed E-state index contributed by atoms with van der Waals surface area (Å²) in [5, 5.41) is 2.73. The van der Waals surface area contributed by atoms with Gasteiger partial charge in [-0.25, -0.2) is 13.2 Å². The number of fused-ring (bicyclic) bond motifs is 1. The van der Waals surface area contributed by atoms with Gasteiger partial charge in [0, 0.05) is 0 Å². The average Bonchev–Trinajstić information content (AvgIpc) is 2.40. The van der Waals surface area contributed by atoms with Crippen LogP contribution in [0.1, 0.15) is 0 Å². The zero-order valence-corrected chi connectivity index (χ0v) is 11.6. The highest BCUT2D eigenvalue weighted by Gasteiger charge is 2.38. The summed E-state index contributed by atoms with van der Waals surface area (Å²) in [6, 6.07) is 11.8. The molecular weight excluding hydrogens is 300 g/mol. The van der Waals surface area contributed by atoms with Gasteiger partial charge in [-0.15, -0.1) is 0 Å². The van der Waals surface area contributed by atoms with Crippen molar-refractivity contribution in [2.24, 2.45) is 0 Å². The van der Waals surface area contributed by atoms with E-state index in [1.54, 1.807) is 24.3 Å². The molecule has 0 radical (unpaired) electrons. The van der Waals surface area contributed by atoms with Crippen LogP contribution in [0.5, 0.6) is 0 Å². The lowest BCUT2D eigenvalue weighted by Gasteiger charge is -2.29. The summed E-state index contributed by atoms with van der Waals surface area (Å²) < 4.78 is 25.8. The highest BCUT2D eigenvalue weighted by Crippen LogP contribution is 2.36. The number of urea groups is 1. The molecule has 20 heavy (non-hydrogen) atoms. The van der Waals surface area contributed by atoms with Gasteiger partial charge in [0.05, 0.1) is 16.4 Å². The summed E-state index contributed by atoms with van der Waals surface area (Å²) >= 11 is 5.99. The van der Waals surface area contributed by atoms with Gasteiger partial charge in [-0.3, -0.25) is 0 Å². The second-order valence-electron chi connectivity index (χ2n) is 4.15. The van der Waals surface area contributed by atoms with Crippen LogP contribution in [-0.2, 0) is 10.0 Å². The van der Waals surface area contributed by atoms with Crippen LogP contribution in [0.25, 0.3) is 0 Å². The first-order valence-electron chi connectivity index (χ1n) is 5.72. The second kappa shape index (κ2) is 4.50.